The van der Waals surface area contributed by atoms with Gasteiger partial charge in [-0.25, -0.2) is 0 Å². The molecule has 1 aliphatic rings. The fourth-order valence-electron chi connectivity index (χ4n) is 1.85. The summed E-state index contributed by atoms with van der Waals surface area (Å²) in [4.78, 5) is 21.5. The fourth-order valence-corrected chi connectivity index (χ4v) is 3.24. The molecule has 0 bridgehead atoms. The predicted octanol–water partition coefficient (Wildman–Crippen LogP) is 3.58. The van der Waals surface area contributed by atoms with Crippen molar-refractivity contribution >= 4 is 29.1 Å². The van der Waals surface area contributed by atoms with Gasteiger partial charge in [0.05, 0.1) is 26.1 Å². The average molecular weight is 313 g/mol. The van der Waals surface area contributed by atoms with Crippen molar-refractivity contribution < 1.29 is 9.85 Å². The normalized spacial score (nSPS) is 17.3. The van der Waals surface area contributed by atoms with E-state index < -0.39 is 9.85 Å². The van der Waals surface area contributed by atoms with E-state index in [2.05, 4.69) is 0 Å². The molecule has 0 aromatic heterocycles. The molecular weight excluding hydrogens is 304 g/mol. The molecule has 0 radical (unpaired) electrons. The number of nitro groups is 2. The lowest BCUT2D eigenvalue weighted by molar-refractivity contribution is -0.424. The van der Waals surface area contributed by atoms with Crippen LogP contribution in [0.5, 0.6) is 0 Å². The lowest BCUT2D eigenvalue weighted by Gasteiger charge is -2.03. The van der Waals surface area contributed by atoms with Crippen molar-refractivity contribution in [3.63, 3.8) is 0 Å². The maximum absolute atomic E-state index is 11.3. The van der Waals surface area contributed by atoms with E-state index in [0.717, 1.165) is 11.8 Å². The second-order valence-electron chi connectivity index (χ2n) is 4.06. The number of rotatable bonds is 3. The zero-order valence-electron chi connectivity index (χ0n) is 10.3. The highest BCUT2D eigenvalue weighted by molar-refractivity contribution is 8.04. The zero-order valence-corrected chi connectivity index (χ0v) is 11.9. The third-order valence-electron chi connectivity index (χ3n) is 2.86. The first-order valence-corrected chi connectivity index (χ1v) is 6.90. The fraction of sp³-hybridized carbons (Fsp3) is 0.167. The molecule has 0 fully saturated rings. The summed E-state index contributed by atoms with van der Waals surface area (Å²) in [7, 11) is 0. The van der Waals surface area contributed by atoms with Crippen molar-refractivity contribution in [1.29, 1.82) is 0 Å². The quantitative estimate of drug-likeness (QED) is 0.629. The number of nitrogens with zero attached hydrogens (tertiary/aromatic N) is 2. The Bertz CT molecular complexity index is 652. The van der Waals surface area contributed by atoms with E-state index >= 15 is 0 Å². The number of halogens is 1. The van der Waals surface area contributed by atoms with Crippen molar-refractivity contribution in [3.05, 3.63) is 71.3 Å². The molecule has 0 aliphatic carbocycles. The van der Waals surface area contributed by atoms with Crippen LogP contribution in [0.3, 0.4) is 0 Å². The van der Waals surface area contributed by atoms with Gasteiger partial charge in [-0.2, -0.15) is 0 Å². The van der Waals surface area contributed by atoms with E-state index in [4.69, 9.17) is 11.6 Å². The van der Waals surface area contributed by atoms with Gasteiger partial charge in [0.2, 0.25) is 0 Å². The minimum atomic E-state index is -0.516. The van der Waals surface area contributed by atoms with Crippen LogP contribution in [0.1, 0.15) is 12.5 Å². The first kappa shape index (κ1) is 14.5. The Balaban J connectivity index is 2.60. The zero-order chi connectivity index (χ0) is 14.9. The van der Waals surface area contributed by atoms with Gasteiger partial charge in [0.15, 0.2) is 0 Å². The Hall–Kier alpha value is -1.86. The molecule has 0 atom stereocenters. The van der Waals surface area contributed by atoms with Crippen LogP contribution in [-0.2, 0) is 0 Å². The predicted molar refractivity (Wildman–Crippen MR) is 77.5 cm³/mol. The van der Waals surface area contributed by atoms with Gasteiger partial charge in [-0.05, 0) is 31.2 Å². The Morgan fingerprint density at radius 3 is 2.30 bits per heavy atom. The van der Waals surface area contributed by atoms with Gasteiger partial charge in [0.25, 0.3) is 11.4 Å². The maximum Gasteiger partial charge on any atom is 0.290 e. The molecular formula is C12H9ClN2O4S. The van der Waals surface area contributed by atoms with Crippen molar-refractivity contribution in [2.24, 2.45) is 0 Å². The van der Waals surface area contributed by atoms with E-state index in [1.807, 2.05) is 0 Å². The summed E-state index contributed by atoms with van der Waals surface area (Å²) in [6.45, 7) is 1.53. The third-order valence-corrected chi connectivity index (χ3v) is 4.32. The van der Waals surface area contributed by atoms with Gasteiger partial charge in [-0.1, -0.05) is 11.6 Å². The molecule has 0 saturated carbocycles. The molecule has 0 amide bonds. The summed E-state index contributed by atoms with van der Waals surface area (Å²) < 4.78 is 0. The summed E-state index contributed by atoms with van der Waals surface area (Å²) in [5.74, 6) is 0.138. The highest BCUT2D eigenvalue weighted by Crippen LogP contribution is 2.41. The molecule has 20 heavy (non-hydrogen) atoms. The first-order chi connectivity index (χ1) is 9.41. The van der Waals surface area contributed by atoms with Crippen LogP contribution in [-0.4, -0.2) is 15.6 Å². The Kier molecular flexibility index (Phi) is 4.10. The van der Waals surface area contributed by atoms with E-state index in [-0.39, 0.29) is 17.1 Å². The van der Waals surface area contributed by atoms with Crippen LogP contribution in [0.2, 0.25) is 5.02 Å². The van der Waals surface area contributed by atoms with Crippen molar-refractivity contribution in [2.45, 2.75) is 6.92 Å². The molecule has 1 heterocycles. The van der Waals surface area contributed by atoms with Crippen LogP contribution in [0.4, 0.5) is 0 Å². The molecule has 0 saturated heterocycles. The molecule has 6 nitrogen and oxygen atoms in total. The minimum absolute atomic E-state index is 0.0123. The molecule has 0 unspecified atom stereocenters. The maximum atomic E-state index is 11.3. The van der Waals surface area contributed by atoms with Crippen LogP contribution < -0.4 is 0 Å². The number of allylic oxidation sites excluding steroid dienone is 1. The van der Waals surface area contributed by atoms with Crippen molar-refractivity contribution in [2.75, 3.05) is 5.75 Å². The van der Waals surface area contributed by atoms with Gasteiger partial charge >= 0.3 is 0 Å². The second kappa shape index (κ2) is 5.64. The summed E-state index contributed by atoms with van der Waals surface area (Å²) in [5, 5.41) is 22.6. The van der Waals surface area contributed by atoms with E-state index in [0.29, 0.717) is 21.1 Å². The minimum Gasteiger partial charge on any atom is -0.259 e. The van der Waals surface area contributed by atoms with Crippen LogP contribution in [0.15, 0.2) is 40.4 Å². The van der Waals surface area contributed by atoms with Crippen LogP contribution in [0.25, 0.3) is 5.70 Å². The third kappa shape index (κ3) is 2.68. The highest BCUT2D eigenvalue weighted by Gasteiger charge is 2.33. The lowest BCUT2D eigenvalue weighted by Crippen LogP contribution is -2.02. The Labute approximate surface area is 123 Å². The summed E-state index contributed by atoms with van der Waals surface area (Å²) in [6, 6.07) is 6.17. The van der Waals surface area contributed by atoms with Gasteiger partial charge in [-0.3, -0.25) is 20.2 Å². The van der Waals surface area contributed by atoms with Crippen LogP contribution in [0, 0.1) is 20.2 Å². The molecule has 2 rings (SSSR count). The summed E-state index contributed by atoms with van der Waals surface area (Å²) in [6.07, 6.45) is 0. The Morgan fingerprint density at radius 1 is 1.25 bits per heavy atom. The number of hydrogen-bond donors (Lipinski definition) is 0. The summed E-state index contributed by atoms with van der Waals surface area (Å²) >= 11 is 6.87. The molecule has 0 spiro atoms. The Morgan fingerprint density at radius 2 is 1.85 bits per heavy atom. The number of thioether (sulfide) groups is 1. The lowest BCUT2D eigenvalue weighted by atomic mass is 10.1. The molecule has 0 N–H and O–H groups in total. The number of benzene rings is 1. The molecule has 8 heteroatoms. The smallest absolute Gasteiger partial charge is 0.259 e. The second-order valence-corrected chi connectivity index (χ2v) is 5.48. The van der Waals surface area contributed by atoms with Crippen molar-refractivity contribution in [1.82, 2.24) is 0 Å². The molecule has 1 aliphatic heterocycles. The van der Waals surface area contributed by atoms with Gasteiger partial charge in [-0.15, -0.1) is 11.8 Å². The standard InChI is InChI=1S/C12H9ClN2O4S/c1-7-10(14(16)17)6-20-12(7)11(15(18)19)8-2-4-9(13)5-3-8/h2-5H,6H2,1H3/b12-11+. The summed E-state index contributed by atoms with van der Waals surface area (Å²) in [5.41, 5.74) is 0.617. The largest absolute Gasteiger partial charge is 0.290 e. The van der Waals surface area contributed by atoms with Crippen LogP contribution >= 0.6 is 23.4 Å². The molecule has 1 aromatic carbocycles. The van der Waals surface area contributed by atoms with E-state index in [1.165, 1.54) is 19.1 Å². The van der Waals surface area contributed by atoms with Gasteiger partial charge < -0.3 is 0 Å². The van der Waals surface area contributed by atoms with E-state index in [1.54, 1.807) is 12.1 Å². The van der Waals surface area contributed by atoms with E-state index in [9.17, 15) is 20.2 Å². The van der Waals surface area contributed by atoms with Crippen molar-refractivity contribution in [3.8, 4) is 0 Å². The number of hydrogen-bond acceptors (Lipinski definition) is 5. The molecule has 1 aromatic rings. The molecule has 104 valence electrons. The topological polar surface area (TPSA) is 86.3 Å². The highest BCUT2D eigenvalue weighted by atomic mass is 35.5. The SMILES string of the molecule is CC1=C([N+](=O)[O-])CS/C1=C(\c1ccc(Cl)cc1)[N+](=O)[O-]. The van der Waals surface area contributed by atoms with Gasteiger partial charge in [0, 0.05) is 10.6 Å². The average Bonchev–Trinajstić information content (AvgIpc) is 2.74. The first-order valence-electron chi connectivity index (χ1n) is 5.53. The van der Waals surface area contributed by atoms with Gasteiger partial charge in [0.1, 0.15) is 0 Å². The monoisotopic (exact) mass is 312 g/mol.